The van der Waals surface area contributed by atoms with Gasteiger partial charge in [0.2, 0.25) is 0 Å². The van der Waals surface area contributed by atoms with Crippen molar-refractivity contribution in [2.24, 2.45) is 5.73 Å². The van der Waals surface area contributed by atoms with Crippen LogP contribution < -0.4 is 10.6 Å². The number of para-hydroxylation sites is 1. The lowest BCUT2D eigenvalue weighted by Gasteiger charge is -2.44. The van der Waals surface area contributed by atoms with Crippen molar-refractivity contribution in [2.75, 3.05) is 24.6 Å². The number of hydrogen-bond acceptors (Lipinski definition) is 4. The number of rotatable bonds is 3. The number of hydrogen-bond donors (Lipinski definition) is 2. The molecule has 1 aromatic rings. The van der Waals surface area contributed by atoms with Gasteiger partial charge >= 0.3 is 0 Å². The molecule has 1 aliphatic rings. The minimum atomic E-state index is -0.257. The quantitative estimate of drug-likeness (QED) is 0.844. The number of aliphatic hydroxyl groups excluding tert-OH is 1. The molecule has 1 saturated heterocycles. The van der Waals surface area contributed by atoms with Crippen molar-refractivity contribution in [3.05, 3.63) is 29.8 Å². The summed E-state index contributed by atoms with van der Waals surface area (Å²) in [7, 11) is 0. The van der Waals surface area contributed by atoms with E-state index in [1.54, 1.807) is 0 Å². The lowest BCUT2D eigenvalue weighted by atomic mass is 10.0. The monoisotopic (exact) mass is 250 g/mol. The molecule has 0 aromatic heterocycles. The van der Waals surface area contributed by atoms with E-state index >= 15 is 0 Å². The second-order valence-corrected chi connectivity index (χ2v) is 5.40. The Kier molecular flexibility index (Phi) is 3.90. The van der Waals surface area contributed by atoms with Gasteiger partial charge in [-0.1, -0.05) is 18.2 Å². The maximum Gasteiger partial charge on any atom is 0.0988 e. The molecule has 1 aliphatic heterocycles. The van der Waals surface area contributed by atoms with Crippen LogP contribution in [0.5, 0.6) is 0 Å². The summed E-state index contributed by atoms with van der Waals surface area (Å²) in [6.07, 6.45) is -0.139. The molecule has 0 spiro atoms. The summed E-state index contributed by atoms with van der Waals surface area (Å²) in [4.78, 5) is 2.26. The molecule has 0 aliphatic carbocycles. The minimum absolute atomic E-state index is 0.0464. The van der Waals surface area contributed by atoms with E-state index in [0.717, 1.165) is 17.8 Å². The standard InChI is InChI=1S/C14H22N2O2/c1-14(2)10-16(8-12(9-17)18-14)13-6-4-3-5-11(13)7-15/h3-6,12,17H,7-10,15H2,1-2H3. The number of morpholine rings is 1. The first-order chi connectivity index (χ1) is 8.55. The van der Waals surface area contributed by atoms with Gasteiger partial charge in [-0.05, 0) is 25.5 Å². The van der Waals surface area contributed by atoms with Gasteiger partial charge in [0.05, 0.1) is 18.3 Å². The highest BCUT2D eigenvalue weighted by Crippen LogP contribution is 2.28. The average Bonchev–Trinajstić information content (AvgIpc) is 2.36. The van der Waals surface area contributed by atoms with E-state index in [2.05, 4.69) is 11.0 Å². The number of aliphatic hydroxyl groups is 1. The molecule has 1 aromatic carbocycles. The van der Waals surface area contributed by atoms with Crippen LogP contribution in [-0.4, -0.2) is 36.5 Å². The Hall–Kier alpha value is -1.10. The van der Waals surface area contributed by atoms with Crippen molar-refractivity contribution in [2.45, 2.75) is 32.1 Å². The van der Waals surface area contributed by atoms with Crippen molar-refractivity contribution in [1.82, 2.24) is 0 Å². The van der Waals surface area contributed by atoms with E-state index in [4.69, 9.17) is 10.5 Å². The van der Waals surface area contributed by atoms with Gasteiger partial charge in [-0.3, -0.25) is 0 Å². The summed E-state index contributed by atoms with van der Waals surface area (Å²) < 4.78 is 5.83. The Labute approximate surface area is 108 Å². The number of anilines is 1. The van der Waals surface area contributed by atoms with Crippen LogP contribution >= 0.6 is 0 Å². The van der Waals surface area contributed by atoms with E-state index in [-0.39, 0.29) is 18.3 Å². The van der Waals surface area contributed by atoms with Crippen LogP contribution in [0.2, 0.25) is 0 Å². The average molecular weight is 250 g/mol. The topological polar surface area (TPSA) is 58.7 Å². The molecule has 18 heavy (non-hydrogen) atoms. The molecule has 4 nitrogen and oxygen atoms in total. The van der Waals surface area contributed by atoms with E-state index in [1.807, 2.05) is 32.0 Å². The second kappa shape index (κ2) is 5.26. The molecule has 3 N–H and O–H groups in total. The molecule has 0 saturated carbocycles. The first kappa shape index (κ1) is 13.3. The van der Waals surface area contributed by atoms with Gasteiger partial charge in [0.1, 0.15) is 0 Å². The lowest BCUT2D eigenvalue weighted by molar-refractivity contribution is -0.101. The fraction of sp³-hybridized carbons (Fsp3) is 0.571. The fourth-order valence-electron chi connectivity index (χ4n) is 2.57. The fourth-order valence-corrected chi connectivity index (χ4v) is 2.57. The smallest absolute Gasteiger partial charge is 0.0988 e. The highest BCUT2D eigenvalue weighted by Gasteiger charge is 2.33. The lowest BCUT2D eigenvalue weighted by Crippen LogP contribution is -2.54. The van der Waals surface area contributed by atoms with Crippen LogP contribution in [0.25, 0.3) is 0 Å². The van der Waals surface area contributed by atoms with Crippen molar-refractivity contribution in [1.29, 1.82) is 0 Å². The zero-order chi connectivity index (χ0) is 13.2. The van der Waals surface area contributed by atoms with Crippen LogP contribution in [0.15, 0.2) is 24.3 Å². The van der Waals surface area contributed by atoms with Gasteiger partial charge in [-0.2, -0.15) is 0 Å². The van der Waals surface area contributed by atoms with Crippen molar-refractivity contribution < 1.29 is 9.84 Å². The Morgan fingerprint density at radius 1 is 1.44 bits per heavy atom. The zero-order valence-electron chi connectivity index (χ0n) is 11.1. The predicted molar refractivity (Wildman–Crippen MR) is 72.6 cm³/mol. The van der Waals surface area contributed by atoms with Gasteiger partial charge in [0.25, 0.3) is 0 Å². The summed E-state index contributed by atoms with van der Waals surface area (Å²) in [5.41, 5.74) is 7.81. The second-order valence-electron chi connectivity index (χ2n) is 5.40. The van der Waals surface area contributed by atoms with Gasteiger partial charge in [0.15, 0.2) is 0 Å². The molecule has 0 radical (unpaired) electrons. The Balaban J connectivity index is 2.26. The van der Waals surface area contributed by atoms with Gasteiger partial charge in [-0.15, -0.1) is 0 Å². The SMILES string of the molecule is CC1(C)CN(c2ccccc2CN)CC(CO)O1. The zero-order valence-corrected chi connectivity index (χ0v) is 11.1. The third-order valence-corrected chi connectivity index (χ3v) is 3.24. The summed E-state index contributed by atoms with van der Waals surface area (Å²) in [6.45, 7) is 6.18. The maximum absolute atomic E-state index is 9.34. The summed E-state index contributed by atoms with van der Waals surface area (Å²) in [6, 6.07) is 8.15. The van der Waals surface area contributed by atoms with Gasteiger partial charge in [0, 0.05) is 25.3 Å². The van der Waals surface area contributed by atoms with Crippen LogP contribution in [0, 0.1) is 0 Å². The molecule has 4 heteroatoms. The third kappa shape index (κ3) is 2.83. The van der Waals surface area contributed by atoms with Crippen LogP contribution in [0.1, 0.15) is 19.4 Å². The van der Waals surface area contributed by atoms with E-state index < -0.39 is 0 Å². The van der Waals surface area contributed by atoms with Crippen LogP contribution in [0.3, 0.4) is 0 Å². The van der Waals surface area contributed by atoms with Crippen molar-refractivity contribution in [3.8, 4) is 0 Å². The molecule has 1 unspecified atom stereocenters. The molecular formula is C14H22N2O2. The first-order valence-electron chi connectivity index (χ1n) is 6.37. The molecule has 2 rings (SSSR count). The van der Waals surface area contributed by atoms with E-state index in [1.165, 1.54) is 0 Å². The molecule has 0 amide bonds. The van der Waals surface area contributed by atoms with Crippen molar-refractivity contribution >= 4 is 5.69 Å². The Morgan fingerprint density at radius 2 is 2.17 bits per heavy atom. The van der Waals surface area contributed by atoms with E-state index in [0.29, 0.717) is 13.1 Å². The molecule has 1 atom stereocenters. The molecule has 0 bridgehead atoms. The maximum atomic E-state index is 9.34. The number of nitrogens with zero attached hydrogens (tertiary/aromatic N) is 1. The summed E-state index contributed by atoms with van der Waals surface area (Å²) in [5, 5.41) is 9.34. The molecular weight excluding hydrogens is 228 g/mol. The van der Waals surface area contributed by atoms with Gasteiger partial charge in [-0.25, -0.2) is 0 Å². The Morgan fingerprint density at radius 3 is 2.83 bits per heavy atom. The normalized spacial score (nSPS) is 23.1. The largest absolute Gasteiger partial charge is 0.394 e. The van der Waals surface area contributed by atoms with Crippen molar-refractivity contribution in [3.63, 3.8) is 0 Å². The van der Waals surface area contributed by atoms with Gasteiger partial charge < -0.3 is 20.5 Å². The highest BCUT2D eigenvalue weighted by molar-refractivity contribution is 5.54. The molecule has 1 heterocycles. The van der Waals surface area contributed by atoms with Crippen LogP contribution in [0.4, 0.5) is 5.69 Å². The minimum Gasteiger partial charge on any atom is -0.394 e. The number of nitrogens with two attached hydrogens (primary N) is 1. The van der Waals surface area contributed by atoms with Crippen LogP contribution in [-0.2, 0) is 11.3 Å². The molecule has 1 fully saturated rings. The highest BCUT2D eigenvalue weighted by atomic mass is 16.5. The molecule has 100 valence electrons. The third-order valence-electron chi connectivity index (χ3n) is 3.24. The van der Waals surface area contributed by atoms with E-state index in [9.17, 15) is 5.11 Å². The summed E-state index contributed by atoms with van der Waals surface area (Å²) in [5.74, 6) is 0. The Bertz CT molecular complexity index is 407. The predicted octanol–water partition coefficient (Wildman–Crippen LogP) is 1.12. The number of benzene rings is 1. The number of ether oxygens (including phenoxy) is 1. The summed E-state index contributed by atoms with van der Waals surface area (Å²) >= 11 is 0. The first-order valence-corrected chi connectivity index (χ1v) is 6.37.